The second-order valence-corrected chi connectivity index (χ2v) is 4.77. The number of carboxylic acid groups (broad SMARTS) is 1. The first-order valence-electron chi connectivity index (χ1n) is 5.54. The van der Waals surface area contributed by atoms with E-state index in [1.54, 1.807) is 0 Å². The van der Waals surface area contributed by atoms with Gasteiger partial charge in [-0.3, -0.25) is 4.79 Å². The average molecular weight is 284 g/mol. The molecule has 2 atom stereocenters. The molecule has 1 fully saturated rings. The Morgan fingerprint density at radius 3 is 2.37 bits per heavy atom. The Morgan fingerprint density at radius 1 is 1.42 bits per heavy atom. The summed E-state index contributed by atoms with van der Waals surface area (Å²) in [5.41, 5.74) is -4.88. The van der Waals surface area contributed by atoms with Crippen molar-refractivity contribution in [1.82, 2.24) is 10.6 Å². The molecule has 2 unspecified atom stereocenters. The zero-order valence-electron chi connectivity index (χ0n) is 10.2. The Labute approximate surface area is 107 Å². The van der Waals surface area contributed by atoms with Gasteiger partial charge in [0.15, 0.2) is 11.0 Å². The normalized spacial score (nSPS) is 26.8. The number of carboxylic acids is 1. The Kier molecular flexibility index (Phi) is 4.11. The highest BCUT2D eigenvalue weighted by atomic mass is 19.4. The van der Waals surface area contributed by atoms with E-state index in [9.17, 15) is 27.9 Å². The molecular formula is C10H15F3N2O4. The van der Waals surface area contributed by atoms with Gasteiger partial charge in [-0.25, -0.2) is 4.79 Å². The summed E-state index contributed by atoms with van der Waals surface area (Å²) in [6.07, 6.45) is -5.16. The molecule has 0 aromatic heterocycles. The van der Waals surface area contributed by atoms with Crippen molar-refractivity contribution in [1.29, 1.82) is 0 Å². The van der Waals surface area contributed by atoms with Crippen molar-refractivity contribution >= 4 is 11.9 Å². The third-order valence-corrected chi connectivity index (χ3v) is 3.19. The Hall–Kier alpha value is -1.35. The number of carbonyl (C=O) groups excluding carboxylic acids is 1. The van der Waals surface area contributed by atoms with Crippen LogP contribution >= 0.6 is 0 Å². The molecule has 0 spiro atoms. The molecule has 19 heavy (non-hydrogen) atoms. The number of hydrogen-bond acceptors (Lipinski definition) is 4. The van der Waals surface area contributed by atoms with Crippen LogP contribution in [0.5, 0.6) is 0 Å². The molecule has 9 heteroatoms. The molecule has 0 saturated carbocycles. The minimum Gasteiger partial charge on any atom is -0.479 e. The lowest BCUT2D eigenvalue weighted by atomic mass is 9.85. The van der Waals surface area contributed by atoms with Gasteiger partial charge in [0.05, 0.1) is 6.54 Å². The average Bonchev–Trinajstić information content (AvgIpc) is 2.75. The number of carbonyl (C=O) groups is 2. The van der Waals surface area contributed by atoms with Gasteiger partial charge < -0.3 is 20.8 Å². The van der Waals surface area contributed by atoms with Crippen molar-refractivity contribution in [2.45, 2.75) is 25.1 Å². The van der Waals surface area contributed by atoms with Crippen molar-refractivity contribution in [3.05, 3.63) is 0 Å². The molecule has 1 amide bonds. The van der Waals surface area contributed by atoms with E-state index in [2.05, 4.69) is 5.32 Å². The van der Waals surface area contributed by atoms with Crippen molar-refractivity contribution in [3.63, 3.8) is 0 Å². The maximum atomic E-state index is 13.0. The third kappa shape index (κ3) is 2.98. The summed E-state index contributed by atoms with van der Waals surface area (Å²) in [6.45, 7) is -0.415. The van der Waals surface area contributed by atoms with Gasteiger partial charge in [-0.2, -0.15) is 13.2 Å². The van der Waals surface area contributed by atoms with E-state index in [-0.39, 0.29) is 6.54 Å². The minimum absolute atomic E-state index is 0.0439. The summed E-state index contributed by atoms with van der Waals surface area (Å²) in [5.74, 6) is -2.95. The first-order valence-corrected chi connectivity index (χ1v) is 5.54. The lowest BCUT2D eigenvalue weighted by Crippen LogP contribution is -2.56. The smallest absolute Gasteiger partial charge is 0.404 e. The van der Waals surface area contributed by atoms with E-state index < -0.39 is 48.6 Å². The highest BCUT2D eigenvalue weighted by Crippen LogP contribution is 2.43. The maximum absolute atomic E-state index is 13.0. The molecule has 1 saturated heterocycles. The third-order valence-electron chi connectivity index (χ3n) is 3.19. The van der Waals surface area contributed by atoms with Crippen LogP contribution in [0, 0.1) is 5.41 Å². The van der Waals surface area contributed by atoms with Gasteiger partial charge in [0.2, 0.25) is 5.91 Å². The van der Waals surface area contributed by atoms with Gasteiger partial charge in [-0.05, 0) is 19.9 Å². The molecule has 0 bridgehead atoms. The number of aliphatic hydroxyl groups is 1. The first-order chi connectivity index (χ1) is 8.53. The highest BCUT2D eigenvalue weighted by Gasteiger charge is 2.61. The fourth-order valence-electron chi connectivity index (χ4n) is 1.75. The van der Waals surface area contributed by atoms with Crippen LogP contribution in [0.25, 0.3) is 0 Å². The second kappa shape index (κ2) is 4.97. The SMILES string of the molecule is CC(O)(CNC(=O)C1(C(F)(F)F)CCNC1)C(=O)O. The van der Waals surface area contributed by atoms with Gasteiger partial charge >= 0.3 is 12.1 Å². The van der Waals surface area contributed by atoms with Crippen molar-refractivity contribution < 1.29 is 33.0 Å². The molecule has 6 nitrogen and oxygen atoms in total. The molecule has 1 aliphatic heterocycles. The largest absolute Gasteiger partial charge is 0.479 e. The predicted molar refractivity (Wildman–Crippen MR) is 57.2 cm³/mol. The van der Waals surface area contributed by atoms with E-state index in [0.717, 1.165) is 6.92 Å². The van der Waals surface area contributed by atoms with Crippen LogP contribution in [-0.2, 0) is 9.59 Å². The molecule has 0 aromatic rings. The van der Waals surface area contributed by atoms with E-state index in [1.807, 2.05) is 5.32 Å². The lowest BCUT2D eigenvalue weighted by molar-refractivity contribution is -0.216. The van der Waals surface area contributed by atoms with Crippen LogP contribution in [0.15, 0.2) is 0 Å². The monoisotopic (exact) mass is 284 g/mol. The van der Waals surface area contributed by atoms with Crippen LogP contribution in [0.3, 0.4) is 0 Å². The van der Waals surface area contributed by atoms with Crippen LogP contribution in [0.2, 0.25) is 0 Å². The lowest BCUT2D eigenvalue weighted by Gasteiger charge is -2.30. The first kappa shape index (κ1) is 15.7. The minimum atomic E-state index is -4.74. The Bertz CT molecular complexity index is 375. The topological polar surface area (TPSA) is 98.7 Å². The molecule has 110 valence electrons. The molecule has 0 aliphatic carbocycles. The summed E-state index contributed by atoms with van der Waals surface area (Å²) >= 11 is 0. The van der Waals surface area contributed by atoms with Crippen LogP contribution < -0.4 is 10.6 Å². The number of aliphatic carboxylic acids is 1. The van der Waals surface area contributed by atoms with Gasteiger partial charge in [-0.1, -0.05) is 0 Å². The highest BCUT2D eigenvalue weighted by molar-refractivity contribution is 5.85. The van der Waals surface area contributed by atoms with Crippen molar-refractivity contribution in [2.75, 3.05) is 19.6 Å². The standard InChI is InChI=1S/C10H15F3N2O4/c1-8(19,7(17)18)4-15-6(16)9(10(11,12)13)2-3-14-5-9/h14,19H,2-5H2,1H3,(H,15,16)(H,17,18). The Morgan fingerprint density at radius 2 is 2.00 bits per heavy atom. The zero-order valence-corrected chi connectivity index (χ0v) is 10.2. The second-order valence-electron chi connectivity index (χ2n) is 4.77. The molecule has 0 aromatic carbocycles. The van der Waals surface area contributed by atoms with E-state index in [0.29, 0.717) is 0 Å². The van der Waals surface area contributed by atoms with Gasteiger partial charge in [0.1, 0.15) is 0 Å². The number of nitrogens with one attached hydrogen (secondary N) is 2. The quantitative estimate of drug-likeness (QED) is 0.557. The van der Waals surface area contributed by atoms with Crippen LogP contribution in [0.4, 0.5) is 13.2 Å². The number of halogens is 3. The van der Waals surface area contributed by atoms with Gasteiger partial charge in [-0.15, -0.1) is 0 Å². The molecule has 1 heterocycles. The predicted octanol–water partition coefficient (Wildman–Crippen LogP) is -0.520. The van der Waals surface area contributed by atoms with E-state index in [1.165, 1.54) is 0 Å². The van der Waals surface area contributed by atoms with Crippen molar-refractivity contribution in [3.8, 4) is 0 Å². The van der Waals surface area contributed by atoms with Crippen LogP contribution in [-0.4, -0.2) is 53.5 Å². The summed E-state index contributed by atoms with van der Waals surface area (Å²) in [6, 6.07) is 0. The number of hydrogen-bond donors (Lipinski definition) is 4. The maximum Gasteiger partial charge on any atom is 0.404 e. The Balaban J connectivity index is 2.79. The fourth-order valence-corrected chi connectivity index (χ4v) is 1.75. The molecular weight excluding hydrogens is 269 g/mol. The fraction of sp³-hybridized carbons (Fsp3) is 0.800. The zero-order chi connectivity index (χ0) is 14.9. The molecule has 1 rings (SSSR count). The number of amides is 1. The molecule has 0 radical (unpaired) electrons. The van der Waals surface area contributed by atoms with E-state index >= 15 is 0 Å². The number of alkyl halides is 3. The molecule has 1 aliphatic rings. The molecule has 4 N–H and O–H groups in total. The summed E-state index contributed by atoms with van der Waals surface area (Å²) < 4.78 is 38.9. The van der Waals surface area contributed by atoms with Gasteiger partial charge in [0.25, 0.3) is 0 Å². The summed E-state index contributed by atoms with van der Waals surface area (Å²) in [5, 5.41) is 22.3. The summed E-state index contributed by atoms with van der Waals surface area (Å²) in [7, 11) is 0. The van der Waals surface area contributed by atoms with E-state index in [4.69, 9.17) is 5.11 Å². The van der Waals surface area contributed by atoms with Gasteiger partial charge in [0, 0.05) is 6.54 Å². The number of rotatable bonds is 4. The summed E-state index contributed by atoms with van der Waals surface area (Å²) in [4.78, 5) is 22.3. The van der Waals surface area contributed by atoms with Crippen LogP contribution in [0.1, 0.15) is 13.3 Å². The van der Waals surface area contributed by atoms with Crippen molar-refractivity contribution in [2.24, 2.45) is 5.41 Å².